The molecule has 1 fully saturated rings. The van der Waals surface area contributed by atoms with Gasteiger partial charge in [0.25, 0.3) is 11.9 Å². The van der Waals surface area contributed by atoms with E-state index in [1.165, 1.54) is 24.0 Å². The van der Waals surface area contributed by atoms with Gasteiger partial charge in [-0.1, -0.05) is 49.3 Å². The molecule has 5 heteroatoms. The molecule has 25 heavy (non-hydrogen) atoms. The van der Waals surface area contributed by atoms with Crippen molar-refractivity contribution in [3.05, 3.63) is 47.0 Å². The third-order valence-corrected chi connectivity index (χ3v) is 4.74. The fourth-order valence-corrected chi connectivity index (χ4v) is 3.40. The first kappa shape index (κ1) is 19.3. The molecular weight excluding hydrogens is 315 g/mol. The molecule has 1 heterocycles. The number of allylic oxidation sites excluding steroid dienone is 5. The lowest BCUT2D eigenvalue weighted by atomic mass is 9.72. The Morgan fingerprint density at radius 3 is 2.36 bits per heavy atom. The quantitative estimate of drug-likeness (QED) is 0.431. The van der Waals surface area contributed by atoms with E-state index in [1.54, 1.807) is 5.98 Å². The van der Waals surface area contributed by atoms with Crippen LogP contribution in [0.25, 0.3) is 0 Å². The van der Waals surface area contributed by atoms with Crippen LogP contribution in [0.3, 0.4) is 0 Å². The maximum absolute atomic E-state index is 11.7. The van der Waals surface area contributed by atoms with Crippen molar-refractivity contribution in [1.29, 1.82) is 0 Å². The lowest BCUT2D eigenvalue weighted by Crippen LogP contribution is -2.30. The van der Waals surface area contributed by atoms with E-state index in [2.05, 4.69) is 33.4 Å². The Hall–Kier alpha value is -2.04. The second-order valence-electron chi connectivity index (χ2n) is 7.63. The third-order valence-electron chi connectivity index (χ3n) is 4.74. The summed E-state index contributed by atoms with van der Waals surface area (Å²) in [4.78, 5) is 23.5. The van der Waals surface area contributed by atoms with Crippen molar-refractivity contribution < 1.29 is 18.9 Å². The molecule has 1 aliphatic heterocycles. The minimum Gasteiger partial charge on any atom is -0.495 e. The summed E-state index contributed by atoms with van der Waals surface area (Å²) in [5, 5.41) is 0. The molecule has 2 aliphatic rings. The first-order chi connectivity index (χ1) is 11.7. The van der Waals surface area contributed by atoms with Gasteiger partial charge in [0.2, 0.25) is 0 Å². The molecule has 1 aliphatic carbocycles. The zero-order valence-electron chi connectivity index (χ0n) is 15.7. The van der Waals surface area contributed by atoms with Gasteiger partial charge in [-0.2, -0.15) is 0 Å². The summed E-state index contributed by atoms with van der Waals surface area (Å²) in [5.74, 6) is 0.802. The Bertz CT molecular complexity index is 645. The van der Waals surface area contributed by atoms with Gasteiger partial charge in [-0.05, 0) is 50.1 Å². The van der Waals surface area contributed by atoms with Crippen molar-refractivity contribution in [1.82, 2.24) is 0 Å². The molecule has 0 amide bonds. The van der Waals surface area contributed by atoms with Crippen LogP contribution < -0.4 is 0 Å². The normalized spacial score (nSPS) is 22.6. The van der Waals surface area contributed by atoms with Crippen LogP contribution in [-0.2, 0) is 18.9 Å². The van der Waals surface area contributed by atoms with Gasteiger partial charge in [-0.15, -0.1) is 0 Å². The highest BCUT2D eigenvalue weighted by Crippen LogP contribution is 2.40. The first-order valence-electron chi connectivity index (χ1n) is 8.80. The van der Waals surface area contributed by atoms with Crippen LogP contribution in [-0.4, -0.2) is 19.1 Å². The standard InChI is InChI=1S/C20H27BO4/c1-14(8-9-17-16(3)7-6-10-20(17,4)5)13-21-24-18(22)11-15(2)12-19(23)25-21/h8-9,13H,2,6-7,10-12H2,1,3-5H3/b9-8+,14-13+. The van der Waals surface area contributed by atoms with E-state index in [9.17, 15) is 9.59 Å². The molecule has 0 unspecified atom stereocenters. The number of hydrogen-bond donors (Lipinski definition) is 0. The molecule has 0 radical (unpaired) electrons. The summed E-state index contributed by atoms with van der Waals surface area (Å²) in [6.45, 7) is 12.3. The average molecular weight is 342 g/mol. The van der Waals surface area contributed by atoms with Gasteiger partial charge in [-0.25, -0.2) is 0 Å². The molecule has 0 aromatic rings. The second-order valence-corrected chi connectivity index (χ2v) is 7.63. The highest BCUT2D eigenvalue weighted by atomic mass is 16.6. The Labute approximate surface area is 150 Å². The van der Waals surface area contributed by atoms with E-state index in [0.717, 1.165) is 12.0 Å². The monoisotopic (exact) mass is 342 g/mol. The van der Waals surface area contributed by atoms with Crippen LogP contribution in [0.5, 0.6) is 0 Å². The van der Waals surface area contributed by atoms with Crippen molar-refractivity contribution in [3.8, 4) is 0 Å². The minimum absolute atomic E-state index is 0.0502. The van der Waals surface area contributed by atoms with Crippen molar-refractivity contribution >= 4 is 19.1 Å². The fraction of sp³-hybridized carbons (Fsp3) is 0.500. The highest BCUT2D eigenvalue weighted by Gasteiger charge is 2.29. The molecule has 0 bridgehead atoms. The lowest BCUT2D eigenvalue weighted by molar-refractivity contribution is -0.140. The molecule has 134 valence electrons. The first-order valence-corrected chi connectivity index (χ1v) is 8.80. The largest absolute Gasteiger partial charge is 0.628 e. The van der Waals surface area contributed by atoms with Crippen LogP contribution >= 0.6 is 0 Å². The zero-order chi connectivity index (χ0) is 18.6. The SMILES string of the molecule is C=C1CC(=O)OB(/C=C(C)/C=C/C2=C(C)CCCC2(C)C)OC(=O)C1. The molecule has 4 nitrogen and oxygen atoms in total. The third kappa shape index (κ3) is 5.48. The number of carbonyl (C=O) groups excluding carboxylic acids is 2. The average Bonchev–Trinajstić information content (AvgIpc) is 2.43. The molecule has 2 rings (SSSR count). The topological polar surface area (TPSA) is 52.6 Å². The zero-order valence-corrected chi connectivity index (χ0v) is 15.7. The van der Waals surface area contributed by atoms with E-state index < -0.39 is 19.1 Å². The van der Waals surface area contributed by atoms with Crippen LogP contribution in [0.2, 0.25) is 0 Å². The Morgan fingerprint density at radius 2 is 1.80 bits per heavy atom. The smallest absolute Gasteiger partial charge is 0.495 e. The van der Waals surface area contributed by atoms with Gasteiger partial charge in [0.05, 0.1) is 12.8 Å². The van der Waals surface area contributed by atoms with E-state index in [4.69, 9.17) is 9.31 Å². The maximum Gasteiger partial charge on any atom is 0.628 e. The van der Waals surface area contributed by atoms with Crippen molar-refractivity contribution in [3.63, 3.8) is 0 Å². The molecule has 1 saturated heterocycles. The molecule has 0 aromatic heterocycles. The highest BCUT2D eigenvalue weighted by molar-refractivity contribution is 6.55. The Kier molecular flexibility index (Phi) is 6.09. The van der Waals surface area contributed by atoms with Gasteiger partial charge in [0, 0.05) is 0 Å². The van der Waals surface area contributed by atoms with Crippen LogP contribution in [0, 0.1) is 5.41 Å². The van der Waals surface area contributed by atoms with Crippen molar-refractivity contribution in [2.45, 2.75) is 59.8 Å². The molecule has 0 saturated carbocycles. The predicted octanol–water partition coefficient (Wildman–Crippen LogP) is 4.48. The predicted molar refractivity (Wildman–Crippen MR) is 99.5 cm³/mol. The van der Waals surface area contributed by atoms with E-state index in [1.807, 2.05) is 13.0 Å². The van der Waals surface area contributed by atoms with Crippen LogP contribution in [0.1, 0.15) is 59.8 Å². The summed E-state index contributed by atoms with van der Waals surface area (Å²) in [7, 11) is -0.979. The summed E-state index contributed by atoms with van der Waals surface area (Å²) in [6.07, 6.45) is 7.76. The van der Waals surface area contributed by atoms with E-state index in [0.29, 0.717) is 5.57 Å². The lowest BCUT2D eigenvalue weighted by Gasteiger charge is -2.33. The maximum atomic E-state index is 11.7. The fourth-order valence-electron chi connectivity index (χ4n) is 3.40. The summed E-state index contributed by atoms with van der Waals surface area (Å²) >= 11 is 0. The summed E-state index contributed by atoms with van der Waals surface area (Å²) < 4.78 is 10.4. The number of rotatable bonds is 3. The minimum atomic E-state index is -0.979. The summed E-state index contributed by atoms with van der Waals surface area (Å²) in [6, 6.07) is 0. The van der Waals surface area contributed by atoms with Gasteiger partial charge in [-0.3, -0.25) is 9.59 Å². The van der Waals surface area contributed by atoms with Gasteiger partial charge >= 0.3 is 7.12 Å². The second kappa shape index (κ2) is 7.90. The molecular formula is C20H27BO4. The molecule has 0 aromatic carbocycles. The van der Waals surface area contributed by atoms with Crippen LogP contribution in [0.15, 0.2) is 47.0 Å². The Morgan fingerprint density at radius 1 is 1.20 bits per heavy atom. The molecule has 0 N–H and O–H groups in total. The van der Waals surface area contributed by atoms with Gasteiger partial charge in [0.1, 0.15) is 0 Å². The van der Waals surface area contributed by atoms with Crippen molar-refractivity contribution in [2.75, 3.05) is 0 Å². The van der Waals surface area contributed by atoms with E-state index in [-0.39, 0.29) is 18.3 Å². The molecule has 0 atom stereocenters. The van der Waals surface area contributed by atoms with Crippen LogP contribution in [0.4, 0.5) is 0 Å². The summed E-state index contributed by atoms with van der Waals surface area (Å²) in [5.41, 5.74) is 4.33. The number of hydrogen-bond acceptors (Lipinski definition) is 4. The van der Waals surface area contributed by atoms with Gasteiger partial charge < -0.3 is 9.31 Å². The van der Waals surface area contributed by atoms with Crippen molar-refractivity contribution in [2.24, 2.45) is 5.41 Å². The van der Waals surface area contributed by atoms with Gasteiger partial charge in [0.15, 0.2) is 0 Å². The molecule has 0 spiro atoms. The Balaban J connectivity index is 2.13. The number of carbonyl (C=O) groups is 2. The van der Waals surface area contributed by atoms with E-state index >= 15 is 0 Å².